The van der Waals surface area contributed by atoms with Gasteiger partial charge >= 0.3 is 0 Å². The summed E-state index contributed by atoms with van der Waals surface area (Å²) in [4.78, 5) is 18.5. The molecule has 1 saturated carbocycles. The number of pyridine rings is 1. The normalized spacial score (nSPS) is 18.8. The first-order valence-corrected chi connectivity index (χ1v) is 13.2. The number of nitrogens with one attached hydrogen (secondary N) is 1. The summed E-state index contributed by atoms with van der Waals surface area (Å²) in [5, 5.41) is 5.31. The lowest BCUT2D eigenvalue weighted by Crippen LogP contribution is -2.31. The highest BCUT2D eigenvalue weighted by atomic mass is 31.0. The molecular formula is C30H37N2OP. The van der Waals surface area contributed by atoms with E-state index < -0.39 is 0 Å². The molecule has 0 bridgehead atoms. The predicted molar refractivity (Wildman–Crippen MR) is 148 cm³/mol. The average molecular weight is 473 g/mol. The molecule has 0 radical (unpaired) electrons. The van der Waals surface area contributed by atoms with Crippen LogP contribution >= 0.6 is 9.24 Å². The Labute approximate surface area is 206 Å². The second-order valence-corrected chi connectivity index (χ2v) is 10.5. The van der Waals surface area contributed by atoms with Gasteiger partial charge in [0, 0.05) is 17.5 Å². The molecule has 1 unspecified atom stereocenters. The molecule has 178 valence electrons. The van der Waals surface area contributed by atoms with Crippen molar-refractivity contribution in [3.63, 3.8) is 0 Å². The van der Waals surface area contributed by atoms with E-state index >= 15 is 0 Å². The van der Waals surface area contributed by atoms with Gasteiger partial charge in [-0.25, -0.2) is 4.98 Å². The summed E-state index contributed by atoms with van der Waals surface area (Å²) in [5.74, 6) is 1.45. The first-order chi connectivity index (χ1) is 16.4. The molecule has 1 aliphatic carbocycles. The number of rotatable bonds is 6. The first kappa shape index (κ1) is 24.6. The largest absolute Gasteiger partial charge is 0.352 e. The summed E-state index contributed by atoms with van der Waals surface area (Å²) >= 11 is 0. The van der Waals surface area contributed by atoms with E-state index in [2.05, 4.69) is 71.7 Å². The second-order valence-electron chi connectivity index (χ2n) is 9.86. The summed E-state index contributed by atoms with van der Waals surface area (Å²) < 4.78 is 0. The Hall–Kier alpha value is -2.51. The fourth-order valence-electron chi connectivity index (χ4n) is 5.21. The van der Waals surface area contributed by atoms with Gasteiger partial charge in [-0.3, -0.25) is 4.79 Å². The third-order valence-electron chi connectivity index (χ3n) is 7.42. The summed E-state index contributed by atoms with van der Waals surface area (Å²) in [6, 6.07) is 14.6. The summed E-state index contributed by atoms with van der Waals surface area (Å²) in [6.07, 6.45) is 8.39. The number of nitrogens with zero attached hydrogens (tertiary/aromatic N) is 1. The number of aromatic nitrogens is 1. The zero-order valence-corrected chi connectivity index (χ0v) is 22.1. The molecule has 1 amide bonds. The molecule has 1 N–H and O–H groups in total. The Bertz CT molecular complexity index is 1220. The van der Waals surface area contributed by atoms with Gasteiger partial charge in [0.05, 0.1) is 16.8 Å². The number of amides is 1. The molecule has 34 heavy (non-hydrogen) atoms. The fourth-order valence-corrected chi connectivity index (χ4v) is 5.47. The number of fused-ring (bicyclic) bond motifs is 1. The molecule has 0 spiro atoms. The lowest BCUT2D eigenvalue weighted by Gasteiger charge is -2.27. The maximum atomic E-state index is 13.5. The van der Waals surface area contributed by atoms with E-state index in [0.717, 1.165) is 51.1 Å². The van der Waals surface area contributed by atoms with Crippen LogP contribution < -0.4 is 10.6 Å². The standard InChI is InChI=1S/C30H37N2OP/c1-5-21-9-11-22(12-10-21)18-31-30(33)27-17-29(32-28-15-19(3)7-14-25(27)28)24(6-2)26-16-23(34)13-8-20(26)4/h6-8,13-17,21-22H,5,9-12,18,34H2,1-4H3,(H,31,33)/b24-6+. The minimum Gasteiger partial charge on any atom is -0.352 e. The van der Waals surface area contributed by atoms with E-state index in [-0.39, 0.29) is 5.91 Å². The molecule has 3 aromatic rings. The number of aryl methyl sites for hydroxylation is 2. The number of carbonyl (C=O) groups is 1. The van der Waals surface area contributed by atoms with Gasteiger partial charge in [0.15, 0.2) is 0 Å². The van der Waals surface area contributed by atoms with Gasteiger partial charge < -0.3 is 5.32 Å². The van der Waals surface area contributed by atoms with E-state index in [0.29, 0.717) is 11.5 Å². The highest BCUT2D eigenvalue weighted by Gasteiger charge is 2.22. The highest BCUT2D eigenvalue weighted by Crippen LogP contribution is 2.31. The molecular weight excluding hydrogens is 435 g/mol. The average Bonchev–Trinajstić information content (AvgIpc) is 2.84. The summed E-state index contributed by atoms with van der Waals surface area (Å²) in [5.41, 5.74) is 6.95. The fraction of sp³-hybridized carbons (Fsp3) is 0.400. The lowest BCUT2D eigenvalue weighted by molar-refractivity contribution is 0.0942. The Morgan fingerprint density at radius 2 is 1.76 bits per heavy atom. The third kappa shape index (κ3) is 5.41. The number of carbonyl (C=O) groups excluding carboxylic acids is 1. The van der Waals surface area contributed by atoms with Crippen molar-refractivity contribution in [2.75, 3.05) is 6.54 Å². The SMILES string of the molecule is C/C=C(/c1cc(C(=O)NCC2CCC(CC)CC2)c2ccc(C)cc2n1)c1cc(P)ccc1C. The summed E-state index contributed by atoms with van der Waals surface area (Å²) in [6.45, 7) is 9.27. The molecule has 1 heterocycles. The Kier molecular flexibility index (Phi) is 7.84. The molecule has 3 nitrogen and oxygen atoms in total. The van der Waals surface area contributed by atoms with Crippen LogP contribution in [0.4, 0.5) is 0 Å². The minimum atomic E-state index is 0.00194. The Balaban J connectivity index is 1.67. The highest BCUT2D eigenvalue weighted by molar-refractivity contribution is 7.27. The summed E-state index contributed by atoms with van der Waals surface area (Å²) in [7, 11) is 2.78. The van der Waals surface area contributed by atoms with Crippen LogP contribution in [0.3, 0.4) is 0 Å². The van der Waals surface area contributed by atoms with Crippen LogP contribution in [0.1, 0.15) is 78.7 Å². The van der Waals surface area contributed by atoms with Crippen LogP contribution in [0.5, 0.6) is 0 Å². The van der Waals surface area contributed by atoms with E-state index in [1.54, 1.807) is 0 Å². The Morgan fingerprint density at radius 3 is 2.47 bits per heavy atom. The van der Waals surface area contributed by atoms with Crippen molar-refractivity contribution in [3.8, 4) is 0 Å². The van der Waals surface area contributed by atoms with Crippen LogP contribution in [0.25, 0.3) is 16.5 Å². The second kappa shape index (κ2) is 10.8. The quantitative estimate of drug-likeness (QED) is 0.403. The van der Waals surface area contributed by atoms with Crippen LogP contribution in [0.2, 0.25) is 0 Å². The maximum Gasteiger partial charge on any atom is 0.252 e. The molecule has 0 aliphatic heterocycles. The number of hydrogen-bond donors (Lipinski definition) is 1. The lowest BCUT2D eigenvalue weighted by atomic mass is 9.81. The molecule has 4 rings (SSSR count). The van der Waals surface area contributed by atoms with Crippen molar-refractivity contribution in [1.82, 2.24) is 10.3 Å². The topological polar surface area (TPSA) is 42.0 Å². The van der Waals surface area contributed by atoms with Gasteiger partial charge in [0.25, 0.3) is 5.91 Å². The van der Waals surface area contributed by atoms with Gasteiger partial charge in [0.2, 0.25) is 0 Å². The van der Waals surface area contributed by atoms with Crippen molar-refractivity contribution >= 4 is 36.9 Å². The van der Waals surface area contributed by atoms with Crippen LogP contribution in [0, 0.1) is 25.7 Å². The zero-order valence-electron chi connectivity index (χ0n) is 20.9. The number of benzene rings is 2. The predicted octanol–water partition coefficient (Wildman–Crippen LogP) is 6.75. The van der Waals surface area contributed by atoms with Crippen LogP contribution in [-0.4, -0.2) is 17.4 Å². The zero-order chi connectivity index (χ0) is 24.2. The van der Waals surface area contributed by atoms with Crippen LogP contribution in [-0.2, 0) is 0 Å². The first-order valence-electron chi connectivity index (χ1n) is 12.6. The van der Waals surface area contributed by atoms with E-state index in [1.807, 2.05) is 19.1 Å². The van der Waals surface area contributed by atoms with E-state index in [9.17, 15) is 4.79 Å². The van der Waals surface area contributed by atoms with Crippen molar-refractivity contribution in [2.45, 2.75) is 59.8 Å². The molecule has 0 saturated heterocycles. The van der Waals surface area contributed by atoms with Gasteiger partial charge in [-0.05, 0) is 85.6 Å². The van der Waals surface area contributed by atoms with Crippen molar-refractivity contribution in [2.24, 2.45) is 11.8 Å². The molecule has 1 fully saturated rings. The Morgan fingerprint density at radius 1 is 1.03 bits per heavy atom. The molecule has 1 atom stereocenters. The van der Waals surface area contributed by atoms with E-state index in [4.69, 9.17) is 4.98 Å². The maximum absolute atomic E-state index is 13.5. The minimum absolute atomic E-state index is 0.00194. The van der Waals surface area contributed by atoms with Gasteiger partial charge in [-0.2, -0.15) is 0 Å². The van der Waals surface area contributed by atoms with Crippen molar-refractivity contribution < 1.29 is 4.79 Å². The van der Waals surface area contributed by atoms with Gasteiger partial charge in [-0.15, -0.1) is 9.24 Å². The third-order valence-corrected chi connectivity index (χ3v) is 7.78. The van der Waals surface area contributed by atoms with Gasteiger partial charge in [0.1, 0.15) is 0 Å². The molecule has 1 aliphatic rings. The molecule has 2 aromatic carbocycles. The monoisotopic (exact) mass is 472 g/mol. The molecule has 4 heteroatoms. The number of allylic oxidation sites excluding steroid dienone is 1. The van der Waals surface area contributed by atoms with Crippen molar-refractivity contribution in [3.05, 3.63) is 76.5 Å². The number of hydrogen-bond acceptors (Lipinski definition) is 2. The van der Waals surface area contributed by atoms with Crippen LogP contribution in [0.15, 0.2) is 48.5 Å². The van der Waals surface area contributed by atoms with Crippen molar-refractivity contribution in [1.29, 1.82) is 0 Å². The van der Waals surface area contributed by atoms with Gasteiger partial charge in [-0.1, -0.05) is 56.5 Å². The van der Waals surface area contributed by atoms with E-state index in [1.165, 1.54) is 37.7 Å². The smallest absolute Gasteiger partial charge is 0.252 e. The molecule has 1 aromatic heterocycles.